The predicted octanol–water partition coefficient (Wildman–Crippen LogP) is 3.44. The lowest BCUT2D eigenvalue weighted by Crippen LogP contribution is -2.00. The van der Waals surface area contributed by atoms with Crippen molar-refractivity contribution >= 4 is 17.1 Å². The normalized spacial score (nSPS) is 9.94. The number of fused-ring (bicyclic) bond motifs is 1. The molecule has 0 N–H and O–H groups in total. The number of aldehydes is 1. The van der Waals surface area contributed by atoms with Gasteiger partial charge in [0.15, 0.2) is 6.29 Å². The topological polar surface area (TPSA) is 26.3 Å². The van der Waals surface area contributed by atoms with Gasteiger partial charge in [0.1, 0.15) is 5.75 Å². The Labute approximate surface area is 107 Å². The number of hydrogen-bond acceptors (Lipinski definition) is 2. The van der Waals surface area contributed by atoms with Gasteiger partial charge in [-0.05, 0) is 23.3 Å². The fourth-order valence-corrected chi connectivity index (χ4v) is 1.88. The molecule has 0 aliphatic rings. The van der Waals surface area contributed by atoms with Crippen molar-refractivity contribution in [1.82, 2.24) is 0 Å². The molecule has 2 aromatic carbocycles. The Balaban J connectivity index is 2.28. The summed E-state index contributed by atoms with van der Waals surface area (Å²) < 4.78 is 5.61. The average molecular weight is 238 g/mol. The standard InChI is InChI=1S/C16H14O2/c1-2-3-6-11-18-16-10-9-13-7-4-5-8-14(13)15(16)12-17/h1,4-5,7-10,12H,3,6,11H2. The number of carbonyl (C=O) groups excluding carboxylic acids is 1. The number of benzene rings is 2. The molecule has 0 unspecified atom stereocenters. The van der Waals surface area contributed by atoms with E-state index in [0.29, 0.717) is 24.3 Å². The second kappa shape index (κ2) is 5.88. The number of hydrogen-bond donors (Lipinski definition) is 0. The van der Waals surface area contributed by atoms with Crippen LogP contribution in [0.2, 0.25) is 0 Å². The maximum atomic E-state index is 11.2. The Hall–Kier alpha value is -2.27. The lowest BCUT2D eigenvalue weighted by molar-refractivity contribution is 0.112. The molecule has 90 valence electrons. The van der Waals surface area contributed by atoms with Crippen LogP contribution in [0.4, 0.5) is 0 Å². The number of carbonyl (C=O) groups is 1. The summed E-state index contributed by atoms with van der Waals surface area (Å²) in [5, 5.41) is 1.96. The zero-order chi connectivity index (χ0) is 12.8. The van der Waals surface area contributed by atoms with Gasteiger partial charge in [-0.25, -0.2) is 0 Å². The van der Waals surface area contributed by atoms with E-state index in [1.54, 1.807) is 0 Å². The molecule has 2 rings (SSSR count). The molecule has 0 fully saturated rings. The Kier molecular flexibility index (Phi) is 3.98. The summed E-state index contributed by atoms with van der Waals surface area (Å²) in [4.78, 5) is 11.2. The van der Waals surface area contributed by atoms with Gasteiger partial charge in [0.25, 0.3) is 0 Å². The molecule has 0 atom stereocenters. The molecule has 0 spiro atoms. The smallest absolute Gasteiger partial charge is 0.154 e. The van der Waals surface area contributed by atoms with E-state index >= 15 is 0 Å². The van der Waals surface area contributed by atoms with Gasteiger partial charge in [0.05, 0.1) is 12.2 Å². The summed E-state index contributed by atoms with van der Waals surface area (Å²) in [5.41, 5.74) is 0.605. The van der Waals surface area contributed by atoms with E-state index in [9.17, 15) is 4.79 Å². The zero-order valence-corrected chi connectivity index (χ0v) is 10.1. The molecule has 0 aliphatic carbocycles. The first-order valence-corrected chi connectivity index (χ1v) is 5.90. The van der Waals surface area contributed by atoms with Crippen molar-refractivity contribution in [1.29, 1.82) is 0 Å². The van der Waals surface area contributed by atoms with Gasteiger partial charge in [-0.3, -0.25) is 4.79 Å². The number of terminal acetylenes is 1. The monoisotopic (exact) mass is 238 g/mol. The molecule has 2 nitrogen and oxygen atoms in total. The van der Waals surface area contributed by atoms with Crippen LogP contribution >= 0.6 is 0 Å². The Morgan fingerprint density at radius 1 is 1.22 bits per heavy atom. The highest BCUT2D eigenvalue weighted by molar-refractivity contribution is 6.00. The SMILES string of the molecule is C#CCCCOc1ccc2ccccc2c1C=O. The van der Waals surface area contributed by atoms with E-state index in [-0.39, 0.29) is 0 Å². The first-order chi connectivity index (χ1) is 8.86. The van der Waals surface area contributed by atoms with Crippen LogP contribution in [-0.4, -0.2) is 12.9 Å². The van der Waals surface area contributed by atoms with Crippen molar-refractivity contribution in [3.63, 3.8) is 0 Å². The van der Waals surface area contributed by atoms with E-state index in [4.69, 9.17) is 11.2 Å². The van der Waals surface area contributed by atoms with Crippen LogP contribution in [0.15, 0.2) is 36.4 Å². The average Bonchev–Trinajstić information content (AvgIpc) is 2.43. The summed E-state index contributed by atoms with van der Waals surface area (Å²) >= 11 is 0. The first-order valence-electron chi connectivity index (χ1n) is 5.90. The second-order valence-corrected chi connectivity index (χ2v) is 3.97. The molecular formula is C16H14O2. The van der Waals surface area contributed by atoms with E-state index in [1.165, 1.54) is 0 Å². The molecule has 2 aromatic rings. The molecule has 0 radical (unpaired) electrons. The summed E-state index contributed by atoms with van der Waals surface area (Å²) in [7, 11) is 0. The van der Waals surface area contributed by atoms with Crippen LogP contribution in [0.1, 0.15) is 23.2 Å². The van der Waals surface area contributed by atoms with E-state index < -0.39 is 0 Å². The summed E-state index contributed by atoms with van der Waals surface area (Å²) in [6.07, 6.45) is 7.50. The summed E-state index contributed by atoms with van der Waals surface area (Å²) in [6, 6.07) is 11.6. The van der Waals surface area contributed by atoms with Crippen LogP contribution in [-0.2, 0) is 0 Å². The third-order valence-corrected chi connectivity index (χ3v) is 2.77. The molecule has 0 heterocycles. The van der Waals surface area contributed by atoms with Crippen molar-refractivity contribution < 1.29 is 9.53 Å². The van der Waals surface area contributed by atoms with Gasteiger partial charge in [-0.2, -0.15) is 0 Å². The van der Waals surface area contributed by atoms with Crippen LogP contribution < -0.4 is 4.74 Å². The highest BCUT2D eigenvalue weighted by Gasteiger charge is 2.07. The molecular weight excluding hydrogens is 224 g/mol. The highest BCUT2D eigenvalue weighted by atomic mass is 16.5. The summed E-state index contributed by atoms with van der Waals surface area (Å²) in [5.74, 6) is 3.19. The van der Waals surface area contributed by atoms with E-state index in [1.807, 2.05) is 36.4 Å². The molecule has 0 aliphatic heterocycles. The van der Waals surface area contributed by atoms with Gasteiger partial charge >= 0.3 is 0 Å². The lowest BCUT2D eigenvalue weighted by atomic mass is 10.0. The van der Waals surface area contributed by atoms with Crippen LogP contribution in [0.3, 0.4) is 0 Å². The maximum absolute atomic E-state index is 11.2. The van der Waals surface area contributed by atoms with Crippen molar-refractivity contribution in [2.45, 2.75) is 12.8 Å². The predicted molar refractivity (Wildman–Crippen MR) is 72.9 cm³/mol. The number of unbranched alkanes of at least 4 members (excludes halogenated alkanes) is 1. The van der Waals surface area contributed by atoms with Gasteiger partial charge in [-0.1, -0.05) is 30.3 Å². The number of rotatable bonds is 5. The Morgan fingerprint density at radius 3 is 2.83 bits per heavy atom. The van der Waals surface area contributed by atoms with Gasteiger partial charge in [0.2, 0.25) is 0 Å². The van der Waals surface area contributed by atoms with Gasteiger partial charge < -0.3 is 4.74 Å². The largest absolute Gasteiger partial charge is 0.493 e. The molecule has 0 amide bonds. The lowest BCUT2D eigenvalue weighted by Gasteiger charge is -2.10. The third-order valence-electron chi connectivity index (χ3n) is 2.77. The van der Waals surface area contributed by atoms with E-state index in [0.717, 1.165) is 23.5 Å². The first kappa shape index (κ1) is 12.2. The van der Waals surface area contributed by atoms with Crippen LogP contribution in [0.5, 0.6) is 5.75 Å². The number of ether oxygens (including phenoxy) is 1. The molecule has 0 aromatic heterocycles. The maximum Gasteiger partial charge on any atom is 0.154 e. The second-order valence-electron chi connectivity index (χ2n) is 3.97. The van der Waals surface area contributed by atoms with Crippen LogP contribution in [0, 0.1) is 12.3 Å². The zero-order valence-electron chi connectivity index (χ0n) is 10.1. The fourth-order valence-electron chi connectivity index (χ4n) is 1.88. The molecule has 0 bridgehead atoms. The van der Waals surface area contributed by atoms with Crippen LogP contribution in [0.25, 0.3) is 10.8 Å². The Bertz CT molecular complexity index is 594. The molecule has 0 saturated heterocycles. The van der Waals surface area contributed by atoms with Gasteiger partial charge in [0, 0.05) is 6.42 Å². The van der Waals surface area contributed by atoms with E-state index in [2.05, 4.69) is 5.92 Å². The van der Waals surface area contributed by atoms with Crippen molar-refractivity contribution in [2.75, 3.05) is 6.61 Å². The quantitative estimate of drug-likeness (QED) is 0.453. The van der Waals surface area contributed by atoms with Crippen molar-refractivity contribution in [2.24, 2.45) is 0 Å². The molecule has 18 heavy (non-hydrogen) atoms. The van der Waals surface area contributed by atoms with Crippen molar-refractivity contribution in [3.8, 4) is 18.1 Å². The third kappa shape index (κ3) is 2.52. The molecule has 0 saturated carbocycles. The Morgan fingerprint density at radius 2 is 2.06 bits per heavy atom. The fraction of sp³-hybridized carbons (Fsp3) is 0.188. The van der Waals surface area contributed by atoms with Crippen molar-refractivity contribution in [3.05, 3.63) is 42.0 Å². The minimum Gasteiger partial charge on any atom is -0.493 e. The minimum absolute atomic E-state index is 0.531. The highest BCUT2D eigenvalue weighted by Crippen LogP contribution is 2.26. The van der Waals surface area contributed by atoms with Gasteiger partial charge in [-0.15, -0.1) is 12.3 Å². The molecule has 2 heteroatoms. The summed E-state index contributed by atoms with van der Waals surface area (Å²) in [6.45, 7) is 0.531. The minimum atomic E-state index is 0.531.